The third-order valence-corrected chi connectivity index (χ3v) is 6.11. The summed E-state index contributed by atoms with van der Waals surface area (Å²) >= 11 is 5.88. The van der Waals surface area contributed by atoms with Crippen LogP contribution >= 0.6 is 11.6 Å². The van der Waals surface area contributed by atoms with Crippen molar-refractivity contribution < 1.29 is 41.0 Å². The topological polar surface area (TPSA) is 74.9 Å². The van der Waals surface area contributed by atoms with Crippen LogP contribution < -0.4 is 10.1 Å². The lowest BCUT2D eigenvalue weighted by Gasteiger charge is -2.29. The summed E-state index contributed by atoms with van der Waals surface area (Å²) in [7, 11) is 0. The number of fused-ring (bicyclic) bond motifs is 1. The van der Waals surface area contributed by atoms with E-state index < -0.39 is 41.8 Å². The number of nitrogens with one attached hydrogen (secondary N) is 1. The molecule has 2 atom stereocenters. The van der Waals surface area contributed by atoms with Gasteiger partial charge >= 0.3 is 12.3 Å². The SMILES string of the molecule is O=C(NC(CN1CCCC1)C(O)c1ccc(OC(F)(F)F)cc1)C(F)(F)c1cc2cc(Cl)ccc2o1. The Kier molecular flexibility index (Phi) is 7.44. The zero-order chi connectivity index (χ0) is 26.1. The van der Waals surface area contributed by atoms with Gasteiger partial charge in [0.2, 0.25) is 0 Å². The number of furan rings is 1. The number of carbonyl (C=O) groups is 1. The van der Waals surface area contributed by atoms with Crippen molar-refractivity contribution in [3.63, 3.8) is 0 Å². The zero-order valence-corrected chi connectivity index (χ0v) is 19.5. The van der Waals surface area contributed by atoms with Crippen molar-refractivity contribution >= 4 is 28.5 Å². The Morgan fingerprint density at radius 2 is 1.75 bits per heavy atom. The first-order valence-corrected chi connectivity index (χ1v) is 11.4. The highest BCUT2D eigenvalue weighted by Crippen LogP contribution is 2.35. The summed E-state index contributed by atoms with van der Waals surface area (Å²) < 4.78 is 76.4. The van der Waals surface area contributed by atoms with Crippen LogP contribution in [0.5, 0.6) is 5.75 Å². The van der Waals surface area contributed by atoms with Crippen LogP contribution in [0.2, 0.25) is 5.02 Å². The van der Waals surface area contributed by atoms with E-state index in [-0.39, 0.29) is 17.7 Å². The van der Waals surface area contributed by atoms with Crippen LogP contribution in [0.25, 0.3) is 11.0 Å². The second-order valence-corrected chi connectivity index (χ2v) is 8.95. The Morgan fingerprint density at radius 3 is 2.39 bits per heavy atom. The molecular weight excluding hydrogens is 511 g/mol. The number of benzene rings is 2. The predicted molar refractivity (Wildman–Crippen MR) is 121 cm³/mol. The summed E-state index contributed by atoms with van der Waals surface area (Å²) in [5.41, 5.74) is 0.243. The summed E-state index contributed by atoms with van der Waals surface area (Å²) in [4.78, 5) is 14.6. The van der Waals surface area contributed by atoms with Crippen LogP contribution in [0, 0.1) is 0 Å². The number of carbonyl (C=O) groups excluding carboxylic acids is 1. The van der Waals surface area contributed by atoms with E-state index in [2.05, 4.69) is 10.1 Å². The average molecular weight is 533 g/mol. The highest BCUT2D eigenvalue weighted by molar-refractivity contribution is 6.31. The number of ether oxygens (including phenoxy) is 1. The molecular formula is C24H22ClF5N2O4. The average Bonchev–Trinajstić information content (AvgIpc) is 3.47. The van der Waals surface area contributed by atoms with Gasteiger partial charge in [0.05, 0.1) is 6.04 Å². The van der Waals surface area contributed by atoms with E-state index in [9.17, 15) is 23.1 Å². The molecule has 2 aromatic carbocycles. The summed E-state index contributed by atoms with van der Waals surface area (Å²) in [5.74, 6) is -7.15. The molecule has 1 aliphatic heterocycles. The molecule has 0 saturated carbocycles. The van der Waals surface area contributed by atoms with Gasteiger partial charge in [0, 0.05) is 17.0 Å². The van der Waals surface area contributed by atoms with E-state index in [1.807, 2.05) is 4.90 Å². The van der Waals surface area contributed by atoms with E-state index in [0.717, 1.165) is 31.0 Å². The van der Waals surface area contributed by atoms with Crippen molar-refractivity contribution in [2.24, 2.45) is 0 Å². The number of aliphatic hydroxyl groups excluding tert-OH is 1. The lowest BCUT2D eigenvalue weighted by molar-refractivity contribution is -0.274. The monoisotopic (exact) mass is 532 g/mol. The minimum atomic E-state index is -4.89. The normalized spacial score (nSPS) is 16.8. The summed E-state index contributed by atoms with van der Waals surface area (Å²) in [5, 5.41) is 13.7. The predicted octanol–water partition coefficient (Wildman–Crippen LogP) is 5.39. The van der Waals surface area contributed by atoms with E-state index >= 15 is 8.78 Å². The smallest absolute Gasteiger partial charge is 0.454 e. The van der Waals surface area contributed by atoms with Gasteiger partial charge < -0.3 is 24.5 Å². The van der Waals surface area contributed by atoms with Gasteiger partial charge in [-0.1, -0.05) is 23.7 Å². The summed E-state index contributed by atoms with van der Waals surface area (Å²) in [6.07, 6.45) is -4.63. The highest BCUT2D eigenvalue weighted by atomic mass is 35.5. The van der Waals surface area contributed by atoms with Gasteiger partial charge in [-0.2, -0.15) is 8.78 Å². The molecule has 1 aliphatic rings. The molecule has 4 rings (SSSR count). The third-order valence-electron chi connectivity index (χ3n) is 5.88. The van der Waals surface area contributed by atoms with Crippen molar-refractivity contribution in [1.82, 2.24) is 10.2 Å². The van der Waals surface area contributed by atoms with Gasteiger partial charge in [0.25, 0.3) is 5.91 Å². The van der Waals surface area contributed by atoms with Crippen LogP contribution in [0.3, 0.4) is 0 Å². The molecule has 1 saturated heterocycles. The lowest BCUT2D eigenvalue weighted by atomic mass is 10.0. The van der Waals surface area contributed by atoms with Crippen molar-refractivity contribution in [3.8, 4) is 5.75 Å². The molecule has 6 nitrogen and oxygen atoms in total. The standard InChI is InChI=1S/C24H22ClF5N2O4/c25-16-5-8-19-15(11-16)12-20(35-19)23(26,27)22(34)31-18(13-32-9-1-2-10-32)21(33)14-3-6-17(7-4-14)36-24(28,29)30/h3-8,11-12,18,21,33H,1-2,9-10,13H2,(H,31,34). The molecule has 2 heterocycles. The number of amides is 1. The van der Waals surface area contributed by atoms with Gasteiger partial charge in [-0.3, -0.25) is 4.79 Å². The molecule has 0 spiro atoms. The summed E-state index contributed by atoms with van der Waals surface area (Å²) in [6, 6.07) is 8.46. The van der Waals surface area contributed by atoms with Crippen LogP contribution in [0.4, 0.5) is 22.0 Å². The fourth-order valence-corrected chi connectivity index (χ4v) is 4.29. The van der Waals surface area contributed by atoms with Gasteiger partial charge in [0.15, 0.2) is 5.76 Å². The first-order chi connectivity index (χ1) is 16.9. The molecule has 1 aromatic heterocycles. The number of hydrogen-bond donors (Lipinski definition) is 2. The number of likely N-dealkylation sites (tertiary alicyclic amines) is 1. The first kappa shape index (κ1) is 26.2. The van der Waals surface area contributed by atoms with E-state index in [4.69, 9.17) is 16.0 Å². The molecule has 2 unspecified atom stereocenters. The molecule has 0 radical (unpaired) electrons. The fourth-order valence-electron chi connectivity index (χ4n) is 4.11. The second kappa shape index (κ2) is 10.2. The number of halogens is 6. The Morgan fingerprint density at radius 1 is 1.08 bits per heavy atom. The molecule has 0 bridgehead atoms. The Bertz CT molecular complexity index is 1210. The Labute approximate surface area is 207 Å². The number of nitrogens with zero attached hydrogens (tertiary/aromatic N) is 1. The molecule has 1 fully saturated rings. The van der Waals surface area contributed by atoms with Gasteiger partial charge in [-0.05, 0) is 67.9 Å². The van der Waals surface area contributed by atoms with Crippen molar-refractivity contribution in [1.29, 1.82) is 0 Å². The first-order valence-electron chi connectivity index (χ1n) is 11.1. The maximum atomic E-state index is 15.1. The lowest BCUT2D eigenvalue weighted by Crippen LogP contribution is -2.50. The van der Waals surface area contributed by atoms with Crippen molar-refractivity contribution in [3.05, 3.63) is 64.9 Å². The molecule has 0 aliphatic carbocycles. The molecule has 3 aromatic rings. The number of rotatable bonds is 8. The van der Waals surface area contributed by atoms with Crippen LogP contribution in [-0.4, -0.2) is 48.0 Å². The third kappa shape index (κ3) is 6.08. The Hall–Kier alpha value is -2.89. The Balaban J connectivity index is 1.54. The number of aliphatic hydroxyl groups is 1. The van der Waals surface area contributed by atoms with Crippen LogP contribution in [-0.2, 0) is 10.7 Å². The second-order valence-electron chi connectivity index (χ2n) is 8.52. The van der Waals surface area contributed by atoms with Gasteiger partial charge in [-0.25, -0.2) is 0 Å². The summed E-state index contributed by atoms with van der Waals surface area (Å²) in [6.45, 7) is 1.36. The zero-order valence-electron chi connectivity index (χ0n) is 18.7. The van der Waals surface area contributed by atoms with E-state index in [1.54, 1.807) is 0 Å². The van der Waals surface area contributed by atoms with Crippen molar-refractivity contribution in [2.45, 2.75) is 37.3 Å². The van der Waals surface area contributed by atoms with E-state index in [1.165, 1.54) is 30.3 Å². The van der Waals surface area contributed by atoms with Gasteiger partial charge in [0.1, 0.15) is 17.4 Å². The van der Waals surface area contributed by atoms with Crippen LogP contribution in [0.15, 0.2) is 52.9 Å². The molecule has 12 heteroatoms. The number of hydrogen-bond acceptors (Lipinski definition) is 5. The van der Waals surface area contributed by atoms with E-state index in [0.29, 0.717) is 23.5 Å². The van der Waals surface area contributed by atoms with Crippen molar-refractivity contribution in [2.75, 3.05) is 19.6 Å². The maximum absolute atomic E-state index is 15.1. The van der Waals surface area contributed by atoms with Crippen LogP contribution in [0.1, 0.15) is 30.3 Å². The molecule has 194 valence electrons. The molecule has 36 heavy (non-hydrogen) atoms. The maximum Gasteiger partial charge on any atom is 0.573 e. The highest BCUT2D eigenvalue weighted by Gasteiger charge is 2.46. The molecule has 2 N–H and O–H groups in total. The fraction of sp³-hybridized carbons (Fsp3) is 0.375. The number of alkyl halides is 5. The molecule has 1 amide bonds. The minimum Gasteiger partial charge on any atom is -0.454 e. The largest absolute Gasteiger partial charge is 0.573 e. The quantitative estimate of drug-likeness (QED) is 0.381. The van der Waals surface area contributed by atoms with Gasteiger partial charge in [-0.15, -0.1) is 13.2 Å². The minimum absolute atomic E-state index is 0.0551.